The Morgan fingerprint density at radius 2 is 2.20 bits per heavy atom. The van der Waals surface area contributed by atoms with Gasteiger partial charge in [-0.05, 0) is 12.1 Å². The van der Waals surface area contributed by atoms with Gasteiger partial charge in [0.15, 0.2) is 5.69 Å². The van der Waals surface area contributed by atoms with Gasteiger partial charge in [-0.3, -0.25) is 0 Å². The summed E-state index contributed by atoms with van der Waals surface area (Å²) < 4.78 is 0. The van der Waals surface area contributed by atoms with Crippen molar-refractivity contribution in [3.63, 3.8) is 0 Å². The molecule has 0 saturated carbocycles. The number of hydrogen-bond donors (Lipinski definition) is 2. The smallest absolute Gasteiger partial charge is 0.354 e. The summed E-state index contributed by atoms with van der Waals surface area (Å²) >= 11 is 1.68. The van der Waals surface area contributed by atoms with Crippen molar-refractivity contribution in [2.45, 2.75) is 26.2 Å². The first kappa shape index (κ1) is 14.5. The van der Waals surface area contributed by atoms with Crippen LogP contribution in [0, 0.1) is 0 Å². The van der Waals surface area contributed by atoms with Crippen LogP contribution >= 0.6 is 11.3 Å². The molecule has 0 unspecified atom stereocenters. The van der Waals surface area contributed by atoms with E-state index in [0.717, 1.165) is 17.1 Å². The standard InChI is InChI=1S/C14H17N3O2S/c1-9(2)13-16-10(8-20-13)6-7-15-12-5-3-4-11(17-12)14(18)19/h3-5,8-9H,6-7H2,1-2H3,(H,15,17)(H,18,19). The first-order valence-corrected chi connectivity index (χ1v) is 7.32. The van der Waals surface area contributed by atoms with E-state index in [1.807, 2.05) is 0 Å². The Labute approximate surface area is 121 Å². The van der Waals surface area contributed by atoms with E-state index >= 15 is 0 Å². The van der Waals surface area contributed by atoms with Gasteiger partial charge in [0, 0.05) is 24.3 Å². The van der Waals surface area contributed by atoms with Crippen LogP contribution in [0.15, 0.2) is 23.6 Å². The molecular weight excluding hydrogens is 274 g/mol. The molecule has 2 rings (SSSR count). The number of thiazole rings is 1. The van der Waals surface area contributed by atoms with Crippen LogP contribution in [0.2, 0.25) is 0 Å². The van der Waals surface area contributed by atoms with Crippen molar-refractivity contribution in [2.75, 3.05) is 11.9 Å². The lowest BCUT2D eigenvalue weighted by molar-refractivity contribution is 0.0690. The molecule has 106 valence electrons. The highest BCUT2D eigenvalue weighted by atomic mass is 32.1. The second-order valence-electron chi connectivity index (χ2n) is 4.72. The molecule has 20 heavy (non-hydrogen) atoms. The zero-order valence-corrected chi connectivity index (χ0v) is 12.3. The van der Waals surface area contributed by atoms with Gasteiger partial charge in [0.2, 0.25) is 0 Å². The Kier molecular flexibility index (Phi) is 4.68. The van der Waals surface area contributed by atoms with Gasteiger partial charge in [0.05, 0.1) is 10.7 Å². The predicted molar refractivity (Wildman–Crippen MR) is 79.6 cm³/mol. The molecule has 6 heteroatoms. The molecule has 2 aromatic rings. The Balaban J connectivity index is 1.89. The number of pyridine rings is 1. The van der Waals surface area contributed by atoms with Crippen molar-refractivity contribution < 1.29 is 9.90 Å². The summed E-state index contributed by atoms with van der Waals surface area (Å²) in [5, 5.41) is 15.2. The topological polar surface area (TPSA) is 75.1 Å². The molecule has 2 N–H and O–H groups in total. The van der Waals surface area contributed by atoms with E-state index in [0.29, 0.717) is 18.3 Å². The van der Waals surface area contributed by atoms with Gasteiger partial charge in [0.1, 0.15) is 5.82 Å². The molecule has 0 aromatic carbocycles. The molecule has 0 spiro atoms. The molecular formula is C14H17N3O2S. The van der Waals surface area contributed by atoms with E-state index in [1.54, 1.807) is 23.5 Å². The summed E-state index contributed by atoms with van der Waals surface area (Å²) in [5.41, 5.74) is 1.10. The highest BCUT2D eigenvalue weighted by molar-refractivity contribution is 7.09. The minimum absolute atomic E-state index is 0.0470. The van der Waals surface area contributed by atoms with Crippen molar-refractivity contribution in [2.24, 2.45) is 0 Å². The summed E-state index contributed by atoms with van der Waals surface area (Å²) in [6.07, 6.45) is 0.794. The number of carboxylic acid groups (broad SMARTS) is 1. The van der Waals surface area contributed by atoms with Gasteiger partial charge in [0.25, 0.3) is 0 Å². The van der Waals surface area contributed by atoms with Crippen LogP contribution in [0.25, 0.3) is 0 Å². The van der Waals surface area contributed by atoms with E-state index in [1.165, 1.54) is 6.07 Å². The summed E-state index contributed by atoms with van der Waals surface area (Å²) in [6, 6.07) is 4.91. The van der Waals surface area contributed by atoms with Gasteiger partial charge in [-0.15, -0.1) is 11.3 Å². The van der Waals surface area contributed by atoms with Gasteiger partial charge in [-0.1, -0.05) is 19.9 Å². The number of rotatable bonds is 6. The van der Waals surface area contributed by atoms with E-state index in [-0.39, 0.29) is 5.69 Å². The molecule has 0 amide bonds. The SMILES string of the molecule is CC(C)c1nc(CCNc2cccc(C(=O)O)n2)cs1. The third kappa shape index (κ3) is 3.77. The number of carbonyl (C=O) groups is 1. The van der Waals surface area contributed by atoms with Crippen molar-refractivity contribution in [1.29, 1.82) is 0 Å². The lowest BCUT2D eigenvalue weighted by Crippen LogP contribution is -2.09. The van der Waals surface area contributed by atoms with E-state index < -0.39 is 5.97 Å². The Bertz CT molecular complexity index is 596. The van der Waals surface area contributed by atoms with E-state index in [9.17, 15) is 4.79 Å². The summed E-state index contributed by atoms with van der Waals surface area (Å²) in [6.45, 7) is 4.93. The molecule has 0 radical (unpaired) electrons. The minimum atomic E-state index is -1.02. The number of hydrogen-bond acceptors (Lipinski definition) is 5. The Morgan fingerprint density at radius 3 is 2.85 bits per heavy atom. The molecule has 0 saturated heterocycles. The van der Waals surface area contributed by atoms with Crippen LogP contribution < -0.4 is 5.32 Å². The summed E-state index contributed by atoms with van der Waals surface area (Å²) in [5.74, 6) is 0.00885. The van der Waals surface area contributed by atoms with E-state index in [2.05, 4.69) is 34.5 Å². The number of anilines is 1. The number of nitrogens with one attached hydrogen (secondary N) is 1. The largest absolute Gasteiger partial charge is 0.477 e. The maximum absolute atomic E-state index is 10.8. The normalized spacial score (nSPS) is 10.8. The van der Waals surface area contributed by atoms with Crippen LogP contribution in [0.4, 0.5) is 5.82 Å². The molecule has 0 atom stereocenters. The summed E-state index contributed by atoms with van der Waals surface area (Å²) in [4.78, 5) is 19.4. The average molecular weight is 291 g/mol. The van der Waals surface area contributed by atoms with E-state index in [4.69, 9.17) is 5.11 Å². The van der Waals surface area contributed by atoms with Crippen LogP contribution in [0.1, 0.15) is 41.0 Å². The first-order chi connectivity index (χ1) is 9.56. The second kappa shape index (κ2) is 6.47. The van der Waals surface area contributed by atoms with Crippen molar-refractivity contribution in [3.8, 4) is 0 Å². The third-order valence-electron chi connectivity index (χ3n) is 2.72. The van der Waals surface area contributed by atoms with Gasteiger partial charge in [-0.2, -0.15) is 0 Å². The number of aromatic carboxylic acids is 1. The molecule has 0 aliphatic heterocycles. The zero-order valence-electron chi connectivity index (χ0n) is 11.5. The van der Waals surface area contributed by atoms with Gasteiger partial charge >= 0.3 is 5.97 Å². The maximum Gasteiger partial charge on any atom is 0.354 e. The molecule has 0 fully saturated rings. The predicted octanol–water partition coefficient (Wildman–Crippen LogP) is 3.01. The number of carboxylic acids is 1. The maximum atomic E-state index is 10.8. The highest BCUT2D eigenvalue weighted by Gasteiger charge is 2.07. The molecule has 2 heterocycles. The van der Waals surface area contributed by atoms with Crippen LogP contribution in [-0.4, -0.2) is 27.6 Å². The molecule has 0 bridgehead atoms. The van der Waals surface area contributed by atoms with Crippen LogP contribution in [-0.2, 0) is 6.42 Å². The quantitative estimate of drug-likeness (QED) is 0.855. The average Bonchev–Trinajstić information content (AvgIpc) is 2.88. The van der Waals surface area contributed by atoms with Crippen molar-refractivity contribution in [1.82, 2.24) is 9.97 Å². The lowest BCUT2D eigenvalue weighted by Gasteiger charge is -2.05. The first-order valence-electron chi connectivity index (χ1n) is 6.45. The fraction of sp³-hybridized carbons (Fsp3) is 0.357. The minimum Gasteiger partial charge on any atom is -0.477 e. The zero-order chi connectivity index (χ0) is 14.5. The molecule has 0 aliphatic rings. The van der Waals surface area contributed by atoms with Crippen LogP contribution in [0.3, 0.4) is 0 Å². The molecule has 0 aliphatic carbocycles. The van der Waals surface area contributed by atoms with Crippen molar-refractivity contribution in [3.05, 3.63) is 40.0 Å². The molecule has 2 aromatic heterocycles. The monoisotopic (exact) mass is 291 g/mol. The Hall–Kier alpha value is -1.95. The second-order valence-corrected chi connectivity index (χ2v) is 5.61. The van der Waals surface area contributed by atoms with Crippen LogP contribution in [0.5, 0.6) is 0 Å². The third-order valence-corrected chi connectivity index (χ3v) is 3.91. The molecule has 5 nitrogen and oxygen atoms in total. The lowest BCUT2D eigenvalue weighted by atomic mass is 10.2. The fourth-order valence-corrected chi connectivity index (χ4v) is 2.54. The highest BCUT2D eigenvalue weighted by Crippen LogP contribution is 2.19. The number of nitrogens with zero attached hydrogens (tertiary/aromatic N) is 2. The number of aromatic nitrogens is 2. The van der Waals surface area contributed by atoms with Gasteiger partial charge < -0.3 is 10.4 Å². The Morgan fingerprint density at radius 1 is 1.40 bits per heavy atom. The fourth-order valence-electron chi connectivity index (χ4n) is 1.67. The van der Waals surface area contributed by atoms with Crippen molar-refractivity contribution >= 4 is 23.1 Å². The summed E-state index contributed by atoms with van der Waals surface area (Å²) in [7, 11) is 0. The van der Waals surface area contributed by atoms with Gasteiger partial charge in [-0.25, -0.2) is 14.8 Å².